The third kappa shape index (κ3) is 4.09. The molecule has 0 amide bonds. The monoisotopic (exact) mass is 359 g/mol. The first-order valence-electron chi connectivity index (χ1n) is 6.51. The van der Waals surface area contributed by atoms with E-state index in [0.29, 0.717) is 18.2 Å². The van der Waals surface area contributed by atoms with Crippen LogP contribution in [0.4, 0.5) is 32.0 Å². The Kier molecular flexibility index (Phi) is 5.02. The molecular formula is C16H7F6NO2. The van der Waals surface area contributed by atoms with Gasteiger partial charge in [0.15, 0.2) is 5.78 Å². The maximum Gasteiger partial charge on any atom is 0.461 e. The van der Waals surface area contributed by atoms with Crippen LogP contribution in [0, 0.1) is 18.2 Å². The second-order valence-corrected chi connectivity index (χ2v) is 4.75. The summed E-state index contributed by atoms with van der Waals surface area (Å²) in [7, 11) is 0. The lowest BCUT2D eigenvalue weighted by Crippen LogP contribution is -2.33. The number of benzene rings is 2. The summed E-state index contributed by atoms with van der Waals surface area (Å²) in [6.07, 6.45) is -9.03. The number of halogens is 6. The predicted octanol–water partition coefficient (Wildman–Crippen LogP) is 4.98. The zero-order chi connectivity index (χ0) is 18.8. The lowest BCUT2D eigenvalue weighted by atomic mass is 10.0. The summed E-state index contributed by atoms with van der Waals surface area (Å²) < 4.78 is 80.6. The average Bonchev–Trinajstić information content (AvgIpc) is 2.53. The van der Waals surface area contributed by atoms with Crippen molar-refractivity contribution < 1.29 is 35.9 Å². The number of nitrogens with zero attached hydrogens (tertiary/aromatic N) is 1. The Balaban J connectivity index is 2.40. The number of hydrogen-bond acceptors (Lipinski definition) is 2. The molecule has 9 heteroatoms. The number of rotatable bonds is 5. The maximum atomic E-state index is 13.5. The van der Waals surface area contributed by atoms with Crippen LogP contribution in [-0.2, 0) is 0 Å². The van der Waals surface area contributed by atoms with Crippen molar-refractivity contribution in [2.45, 2.75) is 12.5 Å². The van der Waals surface area contributed by atoms with Gasteiger partial charge in [-0.25, -0.2) is 13.6 Å². The van der Waals surface area contributed by atoms with Gasteiger partial charge in [0, 0.05) is 17.2 Å². The molecule has 0 atom stereocenters. The summed E-state index contributed by atoms with van der Waals surface area (Å²) in [5.74, 6) is -3.99. The van der Waals surface area contributed by atoms with Crippen molar-refractivity contribution in [3.05, 3.63) is 70.6 Å². The van der Waals surface area contributed by atoms with Crippen molar-refractivity contribution in [2.24, 2.45) is 0 Å². The quantitative estimate of drug-likeness (QED) is 0.428. The number of alkyl halides is 4. The van der Waals surface area contributed by atoms with Crippen LogP contribution in [0.25, 0.3) is 4.85 Å². The van der Waals surface area contributed by atoms with E-state index in [4.69, 9.17) is 6.57 Å². The topological polar surface area (TPSA) is 30.7 Å². The van der Waals surface area contributed by atoms with Crippen LogP contribution in [0.1, 0.15) is 15.9 Å². The standard InChI is InChI=1S/C16H7F6NO2/c1-23-13-6-8(2-3-12(13)18)14(24)9-4-10(17)7-11(5-9)25-16(21,22)15(19)20/h2-7,15H. The number of carbonyl (C=O) groups is 1. The second-order valence-electron chi connectivity index (χ2n) is 4.75. The van der Waals surface area contributed by atoms with Gasteiger partial charge in [-0.15, -0.1) is 0 Å². The highest BCUT2D eigenvalue weighted by molar-refractivity contribution is 6.09. The molecule has 0 radical (unpaired) electrons. The summed E-state index contributed by atoms with van der Waals surface area (Å²) in [5.41, 5.74) is -1.19. The van der Waals surface area contributed by atoms with E-state index < -0.39 is 47.0 Å². The number of ketones is 1. The maximum absolute atomic E-state index is 13.5. The minimum Gasteiger partial charge on any atom is -0.428 e. The van der Waals surface area contributed by atoms with Crippen LogP contribution >= 0.6 is 0 Å². The van der Waals surface area contributed by atoms with Gasteiger partial charge in [0.05, 0.1) is 6.57 Å². The smallest absolute Gasteiger partial charge is 0.428 e. The molecule has 2 aromatic carbocycles. The Morgan fingerprint density at radius 2 is 1.76 bits per heavy atom. The molecule has 0 N–H and O–H groups in total. The summed E-state index contributed by atoms with van der Waals surface area (Å²) in [6, 6.07) is 4.44. The Bertz CT molecular complexity index is 860. The molecule has 0 bridgehead atoms. The van der Waals surface area contributed by atoms with E-state index in [0.717, 1.165) is 18.2 Å². The average molecular weight is 359 g/mol. The highest BCUT2D eigenvalue weighted by atomic mass is 19.3. The molecule has 0 heterocycles. The highest BCUT2D eigenvalue weighted by Gasteiger charge is 2.44. The first kappa shape index (κ1) is 18.3. The zero-order valence-electron chi connectivity index (χ0n) is 12.1. The van der Waals surface area contributed by atoms with Crippen LogP contribution < -0.4 is 4.74 Å². The molecule has 0 saturated carbocycles. The molecule has 25 heavy (non-hydrogen) atoms. The Morgan fingerprint density at radius 1 is 1.08 bits per heavy atom. The van der Waals surface area contributed by atoms with Crippen LogP contribution in [0.3, 0.4) is 0 Å². The van der Waals surface area contributed by atoms with E-state index in [2.05, 4.69) is 9.58 Å². The number of hydrogen-bond donors (Lipinski definition) is 0. The van der Waals surface area contributed by atoms with Gasteiger partial charge in [-0.05, 0) is 24.3 Å². The molecule has 130 valence electrons. The van der Waals surface area contributed by atoms with Crippen molar-refractivity contribution >= 4 is 11.5 Å². The summed E-state index contributed by atoms with van der Waals surface area (Å²) >= 11 is 0. The molecule has 0 aliphatic heterocycles. The van der Waals surface area contributed by atoms with E-state index >= 15 is 0 Å². The molecule has 0 spiro atoms. The minimum absolute atomic E-state index is 0.218. The first-order chi connectivity index (χ1) is 11.6. The van der Waals surface area contributed by atoms with Gasteiger partial charge in [0.2, 0.25) is 5.69 Å². The molecule has 0 aromatic heterocycles. The van der Waals surface area contributed by atoms with Gasteiger partial charge >= 0.3 is 12.5 Å². The fourth-order valence-electron chi connectivity index (χ4n) is 1.86. The van der Waals surface area contributed by atoms with Crippen molar-refractivity contribution in [2.75, 3.05) is 0 Å². The molecule has 3 nitrogen and oxygen atoms in total. The SMILES string of the molecule is [C-]#[N+]c1cc(C(=O)c2cc(F)cc(OC(F)(F)C(F)F)c2)ccc1F. The minimum atomic E-state index is -4.87. The normalized spacial score (nSPS) is 11.3. The lowest BCUT2D eigenvalue weighted by molar-refractivity contribution is -0.253. The lowest BCUT2D eigenvalue weighted by Gasteiger charge is -2.17. The predicted molar refractivity (Wildman–Crippen MR) is 74.1 cm³/mol. The molecule has 0 aliphatic rings. The molecule has 0 saturated heterocycles. The third-order valence-corrected chi connectivity index (χ3v) is 2.97. The molecule has 2 rings (SSSR count). The van der Waals surface area contributed by atoms with Crippen LogP contribution in [-0.4, -0.2) is 18.3 Å². The molecule has 0 unspecified atom stereocenters. The number of carbonyl (C=O) groups excluding carboxylic acids is 1. The van der Waals surface area contributed by atoms with Crippen molar-refractivity contribution in [1.82, 2.24) is 0 Å². The van der Waals surface area contributed by atoms with Gasteiger partial charge in [0.25, 0.3) is 0 Å². The van der Waals surface area contributed by atoms with Gasteiger partial charge in [-0.2, -0.15) is 17.6 Å². The summed E-state index contributed by atoms with van der Waals surface area (Å²) in [4.78, 5) is 15.1. The number of ether oxygens (including phenoxy) is 1. The van der Waals surface area contributed by atoms with Crippen molar-refractivity contribution in [3.63, 3.8) is 0 Å². The highest BCUT2D eigenvalue weighted by Crippen LogP contribution is 2.29. The molecule has 2 aromatic rings. The Morgan fingerprint density at radius 3 is 2.36 bits per heavy atom. The van der Waals surface area contributed by atoms with Gasteiger partial charge in [0.1, 0.15) is 17.4 Å². The van der Waals surface area contributed by atoms with E-state index in [1.54, 1.807) is 0 Å². The van der Waals surface area contributed by atoms with E-state index in [1.165, 1.54) is 0 Å². The Labute approximate surface area is 137 Å². The van der Waals surface area contributed by atoms with Crippen molar-refractivity contribution in [3.8, 4) is 5.75 Å². The molecule has 0 fully saturated rings. The van der Waals surface area contributed by atoms with E-state index in [-0.39, 0.29) is 5.56 Å². The van der Waals surface area contributed by atoms with Crippen LogP contribution in [0.15, 0.2) is 36.4 Å². The molecular weight excluding hydrogens is 352 g/mol. The fraction of sp³-hybridized carbons (Fsp3) is 0.125. The van der Waals surface area contributed by atoms with E-state index in [9.17, 15) is 31.1 Å². The van der Waals surface area contributed by atoms with Crippen LogP contribution in [0.2, 0.25) is 0 Å². The van der Waals surface area contributed by atoms with Gasteiger partial charge < -0.3 is 4.74 Å². The second kappa shape index (κ2) is 6.84. The largest absolute Gasteiger partial charge is 0.461 e. The third-order valence-electron chi connectivity index (χ3n) is 2.97. The van der Waals surface area contributed by atoms with Gasteiger partial charge in [-0.1, -0.05) is 6.07 Å². The first-order valence-corrected chi connectivity index (χ1v) is 6.51. The fourth-order valence-corrected chi connectivity index (χ4v) is 1.86. The van der Waals surface area contributed by atoms with Crippen LogP contribution in [0.5, 0.6) is 5.75 Å². The zero-order valence-corrected chi connectivity index (χ0v) is 12.1. The summed E-state index contributed by atoms with van der Waals surface area (Å²) in [6.45, 7) is 6.77. The van der Waals surface area contributed by atoms with Gasteiger partial charge in [-0.3, -0.25) is 4.79 Å². The summed E-state index contributed by atoms with van der Waals surface area (Å²) in [5, 5.41) is 0. The van der Waals surface area contributed by atoms with Crippen molar-refractivity contribution in [1.29, 1.82) is 0 Å². The van der Waals surface area contributed by atoms with E-state index in [1.807, 2.05) is 0 Å². The Hall–Kier alpha value is -3.02. The molecule has 0 aliphatic carbocycles.